The SMILES string of the molecule is OCC1=C[C@H](N=CCCc2ccccc2)[C@H](O)C(O)[C@@H]1O. The highest BCUT2D eigenvalue weighted by molar-refractivity contribution is 5.58. The van der Waals surface area contributed by atoms with Gasteiger partial charge in [-0.15, -0.1) is 0 Å². The van der Waals surface area contributed by atoms with Crippen LogP contribution in [0.15, 0.2) is 47.0 Å². The topological polar surface area (TPSA) is 93.3 Å². The molecule has 0 saturated carbocycles. The summed E-state index contributed by atoms with van der Waals surface area (Å²) in [7, 11) is 0. The lowest BCUT2D eigenvalue weighted by molar-refractivity contribution is -0.0592. The predicted molar refractivity (Wildman–Crippen MR) is 80.2 cm³/mol. The van der Waals surface area contributed by atoms with Crippen LogP contribution in [0.1, 0.15) is 12.0 Å². The highest BCUT2D eigenvalue weighted by Gasteiger charge is 2.36. The molecular formula is C16H21NO4. The highest BCUT2D eigenvalue weighted by atomic mass is 16.4. The maximum Gasteiger partial charge on any atom is 0.112 e. The van der Waals surface area contributed by atoms with E-state index in [1.807, 2.05) is 30.3 Å². The summed E-state index contributed by atoms with van der Waals surface area (Å²) < 4.78 is 0. The maximum absolute atomic E-state index is 9.89. The van der Waals surface area contributed by atoms with Crippen molar-refractivity contribution in [1.29, 1.82) is 0 Å². The van der Waals surface area contributed by atoms with Crippen molar-refractivity contribution in [1.82, 2.24) is 0 Å². The Labute approximate surface area is 123 Å². The number of aryl methyl sites for hydroxylation is 1. The van der Waals surface area contributed by atoms with Gasteiger partial charge in [-0.3, -0.25) is 4.99 Å². The van der Waals surface area contributed by atoms with Crippen LogP contribution in [0.2, 0.25) is 0 Å². The fourth-order valence-electron chi connectivity index (χ4n) is 2.37. The van der Waals surface area contributed by atoms with Crippen LogP contribution in [0.25, 0.3) is 0 Å². The molecule has 0 fully saturated rings. The van der Waals surface area contributed by atoms with Gasteiger partial charge in [0.15, 0.2) is 0 Å². The van der Waals surface area contributed by atoms with E-state index < -0.39 is 24.4 Å². The van der Waals surface area contributed by atoms with Crippen molar-refractivity contribution < 1.29 is 20.4 Å². The first kappa shape index (κ1) is 15.9. The largest absolute Gasteiger partial charge is 0.392 e. The summed E-state index contributed by atoms with van der Waals surface area (Å²) in [5.41, 5.74) is 1.49. The van der Waals surface area contributed by atoms with Gasteiger partial charge in [0.2, 0.25) is 0 Å². The number of aliphatic hydroxyl groups is 4. The first-order valence-corrected chi connectivity index (χ1v) is 7.04. The van der Waals surface area contributed by atoms with E-state index in [2.05, 4.69) is 4.99 Å². The van der Waals surface area contributed by atoms with Gasteiger partial charge in [-0.1, -0.05) is 36.4 Å². The van der Waals surface area contributed by atoms with Crippen LogP contribution in [0.4, 0.5) is 0 Å². The Hall–Kier alpha value is -1.53. The third-order valence-corrected chi connectivity index (χ3v) is 3.65. The Morgan fingerprint density at radius 1 is 1.05 bits per heavy atom. The first-order valence-electron chi connectivity index (χ1n) is 7.04. The molecule has 1 aliphatic carbocycles. The number of nitrogens with zero attached hydrogens (tertiary/aromatic N) is 1. The minimum atomic E-state index is -1.33. The number of hydrogen-bond donors (Lipinski definition) is 4. The highest BCUT2D eigenvalue weighted by Crippen LogP contribution is 2.22. The molecule has 0 saturated heterocycles. The molecule has 1 aliphatic rings. The summed E-state index contributed by atoms with van der Waals surface area (Å²) in [5, 5.41) is 38.4. The predicted octanol–water partition coefficient (Wildman–Crippen LogP) is 0.0736. The Morgan fingerprint density at radius 3 is 2.43 bits per heavy atom. The first-order chi connectivity index (χ1) is 10.1. The lowest BCUT2D eigenvalue weighted by Crippen LogP contribution is -2.48. The van der Waals surface area contributed by atoms with Crippen molar-refractivity contribution in [3.63, 3.8) is 0 Å². The lowest BCUT2D eigenvalue weighted by Gasteiger charge is -2.32. The molecule has 21 heavy (non-hydrogen) atoms. The Kier molecular flexibility index (Phi) is 5.64. The van der Waals surface area contributed by atoms with E-state index >= 15 is 0 Å². The molecule has 5 nitrogen and oxygen atoms in total. The number of benzene rings is 1. The van der Waals surface area contributed by atoms with Gasteiger partial charge in [0, 0.05) is 0 Å². The van der Waals surface area contributed by atoms with E-state index in [0.29, 0.717) is 6.42 Å². The lowest BCUT2D eigenvalue weighted by atomic mass is 9.88. The summed E-state index contributed by atoms with van der Waals surface area (Å²) in [6, 6.07) is 9.35. The van der Waals surface area contributed by atoms with Crippen molar-refractivity contribution in [2.24, 2.45) is 4.99 Å². The fourth-order valence-corrected chi connectivity index (χ4v) is 2.37. The molecule has 0 amide bonds. The average molecular weight is 291 g/mol. The zero-order chi connectivity index (χ0) is 15.2. The monoisotopic (exact) mass is 291 g/mol. The minimum absolute atomic E-state index is 0.290. The van der Waals surface area contributed by atoms with Gasteiger partial charge in [0.25, 0.3) is 0 Å². The van der Waals surface area contributed by atoms with Gasteiger partial charge >= 0.3 is 0 Å². The Balaban J connectivity index is 1.94. The number of aliphatic hydroxyl groups excluding tert-OH is 4. The van der Waals surface area contributed by atoms with Crippen LogP contribution in [-0.2, 0) is 6.42 Å². The molecule has 4 N–H and O–H groups in total. The summed E-state index contributed by atoms with van der Waals surface area (Å²) in [5.74, 6) is 0. The number of aliphatic imine (C=N–C) groups is 1. The van der Waals surface area contributed by atoms with Gasteiger partial charge in [0.05, 0.1) is 12.6 Å². The van der Waals surface area contributed by atoms with Gasteiger partial charge < -0.3 is 20.4 Å². The molecule has 0 aliphatic heterocycles. The van der Waals surface area contributed by atoms with Gasteiger partial charge in [-0.05, 0) is 30.2 Å². The van der Waals surface area contributed by atoms with Crippen molar-refractivity contribution in [2.45, 2.75) is 37.2 Å². The minimum Gasteiger partial charge on any atom is -0.392 e. The van der Waals surface area contributed by atoms with Crippen molar-refractivity contribution >= 4 is 6.21 Å². The molecule has 0 radical (unpaired) electrons. The second-order valence-corrected chi connectivity index (χ2v) is 5.17. The third-order valence-electron chi connectivity index (χ3n) is 3.65. The fraction of sp³-hybridized carbons (Fsp3) is 0.438. The van der Waals surface area contributed by atoms with Crippen LogP contribution in [0.3, 0.4) is 0 Å². The van der Waals surface area contributed by atoms with Crippen LogP contribution in [-0.4, -0.2) is 57.6 Å². The maximum atomic E-state index is 9.89. The summed E-state index contributed by atoms with van der Waals surface area (Å²) in [6.45, 7) is -0.360. The van der Waals surface area contributed by atoms with Crippen molar-refractivity contribution in [3.05, 3.63) is 47.5 Å². The quantitative estimate of drug-likeness (QED) is 0.456. The molecule has 1 aromatic carbocycles. The normalized spacial score (nSPS) is 29.6. The van der Waals surface area contributed by atoms with E-state index in [4.69, 9.17) is 5.11 Å². The Bertz CT molecular complexity index is 500. The molecule has 0 spiro atoms. The van der Waals surface area contributed by atoms with Crippen molar-refractivity contribution in [3.8, 4) is 0 Å². The number of rotatable bonds is 5. The Morgan fingerprint density at radius 2 is 1.76 bits per heavy atom. The molecule has 1 unspecified atom stereocenters. The van der Waals surface area contributed by atoms with E-state index in [1.54, 1.807) is 6.21 Å². The molecule has 4 atom stereocenters. The molecule has 1 aromatic rings. The van der Waals surface area contributed by atoms with E-state index in [0.717, 1.165) is 6.42 Å². The van der Waals surface area contributed by atoms with Crippen LogP contribution in [0, 0.1) is 0 Å². The summed E-state index contributed by atoms with van der Waals surface area (Å²) in [6.07, 6.45) is 1.05. The average Bonchev–Trinajstić information content (AvgIpc) is 2.52. The molecule has 2 rings (SSSR count). The smallest absolute Gasteiger partial charge is 0.112 e. The van der Waals surface area contributed by atoms with Crippen LogP contribution < -0.4 is 0 Å². The second kappa shape index (κ2) is 7.47. The molecular weight excluding hydrogens is 270 g/mol. The van der Waals surface area contributed by atoms with Gasteiger partial charge in [-0.2, -0.15) is 0 Å². The zero-order valence-corrected chi connectivity index (χ0v) is 11.7. The molecule has 0 bridgehead atoms. The van der Waals surface area contributed by atoms with Crippen LogP contribution >= 0.6 is 0 Å². The van der Waals surface area contributed by atoms with E-state index in [-0.39, 0.29) is 12.2 Å². The molecule has 5 heteroatoms. The third kappa shape index (κ3) is 3.98. The molecule has 114 valence electrons. The second-order valence-electron chi connectivity index (χ2n) is 5.17. The zero-order valence-electron chi connectivity index (χ0n) is 11.7. The summed E-state index contributed by atoms with van der Waals surface area (Å²) in [4.78, 5) is 4.23. The van der Waals surface area contributed by atoms with E-state index in [1.165, 1.54) is 11.6 Å². The number of hydrogen-bond acceptors (Lipinski definition) is 5. The van der Waals surface area contributed by atoms with Gasteiger partial charge in [0.1, 0.15) is 18.3 Å². The standard InChI is InChI=1S/C16H21NO4/c18-10-12-9-13(15(20)16(21)14(12)19)17-8-4-7-11-5-2-1-3-6-11/h1-3,5-6,8-9,13-16,18-21H,4,7,10H2/t13-,14+,15-,16?/m0/s1. The molecule has 0 heterocycles. The summed E-state index contributed by atoms with van der Waals surface area (Å²) >= 11 is 0. The molecule has 0 aromatic heterocycles. The van der Waals surface area contributed by atoms with Gasteiger partial charge in [-0.25, -0.2) is 0 Å². The van der Waals surface area contributed by atoms with Crippen LogP contribution in [0.5, 0.6) is 0 Å². The van der Waals surface area contributed by atoms with E-state index in [9.17, 15) is 15.3 Å². The van der Waals surface area contributed by atoms with Crippen molar-refractivity contribution in [2.75, 3.05) is 6.61 Å².